The maximum atomic E-state index is 12.6. The highest BCUT2D eigenvalue weighted by molar-refractivity contribution is 9.10. The molecule has 32 heavy (non-hydrogen) atoms. The van der Waals surface area contributed by atoms with Crippen molar-refractivity contribution < 1.29 is 19.1 Å². The largest absolute Gasteiger partial charge is 0.496 e. The molecule has 3 N–H and O–H groups in total. The second-order valence-corrected chi connectivity index (χ2v) is 7.80. The second kappa shape index (κ2) is 11.3. The molecule has 2 amide bonds. The number of amides is 2. The summed E-state index contributed by atoms with van der Waals surface area (Å²) in [6.45, 7) is 0.321. The molecule has 7 nitrogen and oxygen atoms in total. The first-order valence-corrected chi connectivity index (χ1v) is 10.7. The summed E-state index contributed by atoms with van der Waals surface area (Å²) in [6, 6.07) is 21.5. The van der Waals surface area contributed by atoms with Gasteiger partial charge >= 0.3 is 0 Å². The van der Waals surface area contributed by atoms with Gasteiger partial charge in [-0.2, -0.15) is 0 Å². The standard InChI is InChI=1S/C23H20BrN3O4S/c1-30-19-12-11-16(24)13-18(19)21(28)25-23(32)27-26-22(29)17-9-5-6-10-20(17)31-14-15-7-3-2-4-8-15/h2-13H,14H2,1H3,(H,26,29)(H2,25,27,28,32). The molecule has 0 aromatic heterocycles. The first-order valence-electron chi connectivity index (χ1n) is 9.49. The van der Waals surface area contributed by atoms with E-state index in [4.69, 9.17) is 21.7 Å². The maximum absolute atomic E-state index is 12.6. The third kappa shape index (κ3) is 6.29. The van der Waals surface area contributed by atoms with Gasteiger partial charge in [0.05, 0.1) is 18.2 Å². The van der Waals surface area contributed by atoms with Gasteiger partial charge in [0, 0.05) is 4.47 Å². The number of para-hydroxylation sites is 1. The summed E-state index contributed by atoms with van der Waals surface area (Å²) in [5.74, 6) is -0.140. The van der Waals surface area contributed by atoms with Crippen molar-refractivity contribution in [2.24, 2.45) is 0 Å². The van der Waals surface area contributed by atoms with Crippen LogP contribution in [0.4, 0.5) is 0 Å². The summed E-state index contributed by atoms with van der Waals surface area (Å²) in [5, 5.41) is 2.42. The van der Waals surface area contributed by atoms with Gasteiger partial charge in [-0.3, -0.25) is 25.8 Å². The molecule has 0 spiro atoms. The van der Waals surface area contributed by atoms with E-state index in [1.165, 1.54) is 7.11 Å². The van der Waals surface area contributed by atoms with E-state index < -0.39 is 11.8 Å². The highest BCUT2D eigenvalue weighted by Crippen LogP contribution is 2.23. The van der Waals surface area contributed by atoms with Crippen LogP contribution in [-0.2, 0) is 6.61 Å². The number of benzene rings is 3. The molecule has 0 bridgehead atoms. The number of carbonyl (C=O) groups is 2. The van der Waals surface area contributed by atoms with Gasteiger partial charge in [0.15, 0.2) is 5.11 Å². The van der Waals surface area contributed by atoms with Crippen LogP contribution in [-0.4, -0.2) is 24.0 Å². The molecule has 164 valence electrons. The Labute approximate surface area is 199 Å². The van der Waals surface area contributed by atoms with Crippen LogP contribution in [0.5, 0.6) is 11.5 Å². The zero-order chi connectivity index (χ0) is 22.9. The molecule has 3 aromatic carbocycles. The summed E-state index contributed by atoms with van der Waals surface area (Å²) in [5.41, 5.74) is 6.58. The van der Waals surface area contributed by atoms with Gasteiger partial charge in [-0.05, 0) is 48.1 Å². The Morgan fingerprint density at radius 3 is 2.34 bits per heavy atom. The average Bonchev–Trinajstić information content (AvgIpc) is 2.82. The Bertz CT molecular complexity index is 1130. The van der Waals surface area contributed by atoms with Gasteiger partial charge in [0.1, 0.15) is 18.1 Å². The summed E-state index contributed by atoms with van der Waals surface area (Å²) < 4.78 is 11.7. The molecular weight excluding hydrogens is 494 g/mol. The molecule has 0 aliphatic carbocycles. The fourth-order valence-electron chi connectivity index (χ4n) is 2.76. The van der Waals surface area contributed by atoms with Crippen molar-refractivity contribution in [3.05, 3.63) is 94.0 Å². The predicted octanol–water partition coefficient (Wildman–Crippen LogP) is 3.99. The van der Waals surface area contributed by atoms with Crippen molar-refractivity contribution in [1.29, 1.82) is 0 Å². The van der Waals surface area contributed by atoms with Crippen molar-refractivity contribution in [2.75, 3.05) is 7.11 Å². The van der Waals surface area contributed by atoms with E-state index in [1.807, 2.05) is 30.3 Å². The topological polar surface area (TPSA) is 88.7 Å². The predicted molar refractivity (Wildman–Crippen MR) is 129 cm³/mol. The number of carbonyl (C=O) groups excluding carboxylic acids is 2. The smallest absolute Gasteiger partial charge is 0.273 e. The molecule has 0 fully saturated rings. The first-order chi connectivity index (χ1) is 15.5. The lowest BCUT2D eigenvalue weighted by atomic mass is 10.2. The number of ether oxygens (including phenoxy) is 2. The minimum absolute atomic E-state index is 0.0759. The molecule has 0 heterocycles. The molecule has 0 saturated heterocycles. The van der Waals surface area contributed by atoms with Crippen LogP contribution in [0, 0.1) is 0 Å². The van der Waals surface area contributed by atoms with E-state index in [9.17, 15) is 9.59 Å². The number of hydrogen-bond donors (Lipinski definition) is 3. The van der Waals surface area contributed by atoms with E-state index in [2.05, 4.69) is 32.1 Å². The lowest BCUT2D eigenvalue weighted by Crippen LogP contribution is -2.48. The Hall–Kier alpha value is -3.43. The fraction of sp³-hybridized carbons (Fsp3) is 0.0870. The molecule has 9 heteroatoms. The number of methoxy groups -OCH3 is 1. The minimum atomic E-state index is -0.485. The number of hydrazine groups is 1. The Morgan fingerprint density at radius 2 is 1.59 bits per heavy atom. The normalized spacial score (nSPS) is 10.1. The fourth-order valence-corrected chi connectivity index (χ4v) is 3.26. The Morgan fingerprint density at radius 1 is 0.875 bits per heavy atom. The van der Waals surface area contributed by atoms with Gasteiger partial charge in [0.25, 0.3) is 11.8 Å². The van der Waals surface area contributed by atoms with Gasteiger partial charge < -0.3 is 9.47 Å². The maximum Gasteiger partial charge on any atom is 0.273 e. The number of thiocarbonyl (C=S) groups is 1. The molecule has 3 rings (SSSR count). The first kappa shape index (κ1) is 23.2. The van der Waals surface area contributed by atoms with Crippen molar-refractivity contribution in [1.82, 2.24) is 16.2 Å². The van der Waals surface area contributed by atoms with Crippen molar-refractivity contribution in [3.8, 4) is 11.5 Å². The molecular formula is C23H20BrN3O4S. The van der Waals surface area contributed by atoms with Gasteiger partial charge in [-0.15, -0.1) is 0 Å². The van der Waals surface area contributed by atoms with Crippen LogP contribution in [0.3, 0.4) is 0 Å². The van der Waals surface area contributed by atoms with Crippen LogP contribution < -0.4 is 25.6 Å². The van der Waals surface area contributed by atoms with Crippen molar-refractivity contribution in [2.45, 2.75) is 6.61 Å². The lowest BCUT2D eigenvalue weighted by molar-refractivity contribution is 0.0930. The third-order valence-corrected chi connectivity index (χ3v) is 4.99. The highest BCUT2D eigenvalue weighted by atomic mass is 79.9. The molecule has 0 saturated carbocycles. The molecule has 0 unspecified atom stereocenters. The number of nitrogens with one attached hydrogen (secondary N) is 3. The van der Waals surface area contributed by atoms with E-state index in [0.717, 1.165) is 5.56 Å². The number of rotatable bonds is 6. The summed E-state index contributed by atoms with van der Waals surface area (Å²) >= 11 is 8.43. The molecule has 0 atom stereocenters. The third-order valence-electron chi connectivity index (χ3n) is 4.29. The number of hydrogen-bond acceptors (Lipinski definition) is 5. The minimum Gasteiger partial charge on any atom is -0.496 e. The second-order valence-electron chi connectivity index (χ2n) is 6.48. The monoisotopic (exact) mass is 513 g/mol. The molecule has 3 aromatic rings. The van der Waals surface area contributed by atoms with Crippen LogP contribution in [0.2, 0.25) is 0 Å². The molecule has 0 aliphatic heterocycles. The summed E-state index contributed by atoms with van der Waals surface area (Å²) in [6.07, 6.45) is 0. The van der Waals surface area contributed by atoms with Gasteiger partial charge in [-0.1, -0.05) is 58.4 Å². The zero-order valence-corrected chi connectivity index (χ0v) is 19.5. The summed E-state index contributed by atoms with van der Waals surface area (Å²) in [4.78, 5) is 25.1. The lowest BCUT2D eigenvalue weighted by Gasteiger charge is -2.14. The highest BCUT2D eigenvalue weighted by Gasteiger charge is 2.16. The van der Waals surface area contributed by atoms with E-state index in [1.54, 1.807) is 42.5 Å². The molecule has 0 radical (unpaired) electrons. The van der Waals surface area contributed by atoms with Crippen LogP contribution in [0.1, 0.15) is 26.3 Å². The average molecular weight is 514 g/mol. The van der Waals surface area contributed by atoms with Crippen LogP contribution >= 0.6 is 28.1 Å². The van der Waals surface area contributed by atoms with E-state index in [0.29, 0.717) is 28.1 Å². The van der Waals surface area contributed by atoms with Gasteiger partial charge in [-0.25, -0.2) is 0 Å². The summed E-state index contributed by atoms with van der Waals surface area (Å²) in [7, 11) is 1.47. The van der Waals surface area contributed by atoms with Crippen LogP contribution in [0.25, 0.3) is 0 Å². The van der Waals surface area contributed by atoms with Crippen molar-refractivity contribution >= 4 is 45.1 Å². The van der Waals surface area contributed by atoms with E-state index >= 15 is 0 Å². The Balaban J connectivity index is 1.58. The van der Waals surface area contributed by atoms with Crippen molar-refractivity contribution in [3.63, 3.8) is 0 Å². The van der Waals surface area contributed by atoms with E-state index in [-0.39, 0.29) is 10.7 Å². The van der Waals surface area contributed by atoms with Gasteiger partial charge in [0.2, 0.25) is 0 Å². The zero-order valence-electron chi connectivity index (χ0n) is 17.1. The Kier molecular flexibility index (Phi) is 8.18. The quantitative estimate of drug-likeness (QED) is 0.341. The SMILES string of the molecule is COc1ccc(Br)cc1C(=O)NC(=S)NNC(=O)c1ccccc1OCc1ccccc1. The molecule has 0 aliphatic rings. The van der Waals surface area contributed by atoms with Crippen LogP contribution in [0.15, 0.2) is 77.3 Å². The number of halogens is 1.